The number of H-pyrrole nitrogens is 1. The molecule has 2 aliphatic rings. The molecule has 40 heteroatoms. The van der Waals surface area contributed by atoms with E-state index in [0.29, 0.717) is 33.2 Å². The van der Waals surface area contributed by atoms with Crippen LogP contribution in [0.2, 0.25) is 0 Å². The number of amides is 16. The number of phenols is 1. The lowest BCUT2D eigenvalue weighted by Gasteiger charge is -2.32. The molecule has 0 radical (unpaired) electrons. The summed E-state index contributed by atoms with van der Waals surface area (Å²) in [7, 11) is 0. The minimum atomic E-state index is -2.06. The van der Waals surface area contributed by atoms with Gasteiger partial charge in [-0.05, 0) is 134 Å². The van der Waals surface area contributed by atoms with Crippen molar-refractivity contribution in [3.8, 4) is 16.9 Å². The van der Waals surface area contributed by atoms with Crippen molar-refractivity contribution in [1.82, 2.24) is 84.3 Å². The fourth-order valence-corrected chi connectivity index (χ4v) is 16.4. The molecule has 0 bridgehead atoms. The predicted octanol–water partition coefficient (Wildman–Crippen LogP) is -0.590. The smallest absolute Gasteiger partial charge is 0.305 e. The second kappa shape index (κ2) is 51.6. The van der Waals surface area contributed by atoms with E-state index in [1.807, 2.05) is 42.5 Å². The van der Waals surface area contributed by atoms with E-state index in [1.165, 1.54) is 29.2 Å². The van der Waals surface area contributed by atoms with Crippen LogP contribution >= 0.6 is 11.8 Å². The van der Waals surface area contributed by atoms with E-state index in [0.717, 1.165) is 29.8 Å². The first kappa shape index (κ1) is 106. The molecule has 8 rings (SSSR count). The van der Waals surface area contributed by atoms with Gasteiger partial charge in [0.25, 0.3) is 0 Å². The summed E-state index contributed by atoms with van der Waals surface area (Å²) in [4.78, 5) is 252. The molecule has 2 saturated heterocycles. The Morgan fingerprint density at radius 1 is 0.455 bits per heavy atom. The molecule has 134 heavy (non-hydrogen) atoms. The number of aliphatic carboxylic acids is 1. The summed E-state index contributed by atoms with van der Waals surface area (Å²) in [5.74, 6) is -20.7. The minimum absolute atomic E-state index is 0.00473. The first-order valence-corrected chi connectivity index (χ1v) is 46.1. The van der Waals surface area contributed by atoms with Crippen LogP contribution < -0.4 is 91.6 Å². The zero-order valence-electron chi connectivity index (χ0n) is 76.6. The van der Waals surface area contributed by atoms with Crippen molar-refractivity contribution < 1.29 is 96.8 Å². The Hall–Kier alpha value is -13.3. The van der Waals surface area contributed by atoms with Gasteiger partial charge in [0, 0.05) is 55.1 Å². The Morgan fingerprint density at radius 3 is 1.40 bits per heavy atom. The van der Waals surface area contributed by atoms with Gasteiger partial charge < -0.3 is 117 Å². The number of aromatic nitrogens is 1. The highest BCUT2D eigenvalue weighted by atomic mass is 32.2. The number of aliphatic hydroxyl groups is 1. The normalized spacial score (nSPS) is 23.9. The molecular formula is C94H127N19O20S. The average Bonchev–Trinajstić information content (AvgIpc) is 1.60. The summed E-state index contributed by atoms with van der Waals surface area (Å²) >= 11 is 0.719. The van der Waals surface area contributed by atoms with E-state index in [2.05, 4.69) is 79.4 Å². The van der Waals surface area contributed by atoms with Gasteiger partial charge in [-0.25, -0.2) is 0 Å². The van der Waals surface area contributed by atoms with Crippen LogP contribution in [0.3, 0.4) is 0 Å². The summed E-state index contributed by atoms with van der Waals surface area (Å²) < 4.78 is 0. The van der Waals surface area contributed by atoms with Crippen molar-refractivity contribution in [2.75, 3.05) is 37.7 Å². The highest BCUT2D eigenvalue weighted by Crippen LogP contribution is 2.26. The standard InChI is InChI=1S/C94H127N19O20S/c1-50(2)39-66-83(122)106-70(42-56-26-30-59(31-27-56)58-21-14-11-15-22-58)89(128)110-78(52(5)6)91(130)102-65(35-37-96)94(133)113-38-18-25-74(113)90(129)101-64(34-36-95)82(121)103-67(40-51(3)4)88(127)111-79(53(7)8)92(131)112-80(54(9)114)93(132)109-73(81(120)99-47-75(97)116)48-134-49-76(117)100-68(41-55-19-12-10-13-20-55)84(123)105-69(43-57-28-32-61(115)33-29-57)85(124)108-72(45-77(118)119)87(126)107-71(86(125)104-66)44-60-46-98-63-24-17-16-23-62(60)63/h10-17,19-24,26-33,46,50-54,64-74,78-80,98,114-115H,18,25,34-45,47-49,95-96H2,1-9H3,(H2,97,116)(H,99,120)(H,100,117)(H,101,129)(H,102,130)(H,103,121)(H,104,125)(H,105,123)(H,106,122)(H,107,126)(H,108,124)(H,109,132)(H,110,128)(H,111,127)(H,112,131)(H,118,119)/t54-,64+,65+,66+,67+,68+,69+,70+,71+,72+,73+,74-,78+,79+,80+/m1/s1. The number of nitrogens with zero attached hydrogens (tertiary/aromatic N) is 1. The second-order valence-corrected chi connectivity index (χ2v) is 36.2. The van der Waals surface area contributed by atoms with E-state index in [9.17, 15) is 68.1 Å². The monoisotopic (exact) mass is 1870 g/mol. The van der Waals surface area contributed by atoms with E-state index >= 15 is 28.8 Å². The number of aromatic hydroxyl groups is 1. The van der Waals surface area contributed by atoms with E-state index in [4.69, 9.17) is 17.2 Å². The highest BCUT2D eigenvalue weighted by molar-refractivity contribution is 8.00. The lowest BCUT2D eigenvalue weighted by Crippen LogP contribution is -2.62. The second-order valence-electron chi connectivity index (χ2n) is 35.1. The topological polar surface area (TPSA) is 616 Å². The zero-order chi connectivity index (χ0) is 98.2. The number of nitrogens with two attached hydrogens (primary N) is 3. The van der Waals surface area contributed by atoms with Crippen molar-refractivity contribution in [2.45, 2.75) is 224 Å². The lowest BCUT2D eigenvalue weighted by atomic mass is 9.97. The van der Waals surface area contributed by atoms with Crippen LogP contribution in [-0.2, 0) is 107 Å². The van der Waals surface area contributed by atoms with Crippen molar-refractivity contribution >= 4 is 123 Å². The van der Waals surface area contributed by atoms with E-state index < -0.39 is 234 Å². The number of rotatable bonds is 25. The first-order valence-electron chi connectivity index (χ1n) is 44.9. The third-order valence-electron chi connectivity index (χ3n) is 22.6. The number of fused-ring (bicyclic) bond motifs is 2. The molecule has 2 fully saturated rings. The van der Waals surface area contributed by atoms with Crippen LogP contribution in [-0.4, -0.2) is 254 Å². The molecule has 2 aliphatic heterocycles. The van der Waals surface area contributed by atoms with Crippen LogP contribution in [0.25, 0.3) is 22.0 Å². The van der Waals surface area contributed by atoms with Gasteiger partial charge in [0.1, 0.15) is 90.3 Å². The van der Waals surface area contributed by atoms with Gasteiger partial charge in [-0.3, -0.25) is 81.5 Å². The molecule has 5 aromatic carbocycles. The number of para-hydroxylation sites is 1. The number of aromatic amines is 1. The van der Waals surface area contributed by atoms with Gasteiger partial charge in [-0.2, -0.15) is 0 Å². The number of hydrogen-bond donors (Lipinski definition) is 21. The summed E-state index contributed by atoms with van der Waals surface area (Å²) in [6.07, 6.45) is -2.72. The quantitative estimate of drug-likeness (QED) is 0.0341. The maximum absolute atomic E-state index is 15.5. The maximum atomic E-state index is 15.5. The fraction of sp³-hybridized carbons (Fsp3) is 0.479. The van der Waals surface area contributed by atoms with Gasteiger partial charge in [0.2, 0.25) is 94.5 Å². The Kier molecular flexibility index (Phi) is 40.8. The van der Waals surface area contributed by atoms with E-state index in [1.54, 1.807) is 128 Å². The molecule has 0 unspecified atom stereocenters. The lowest BCUT2D eigenvalue weighted by molar-refractivity contribution is -0.143. The SMILES string of the molecule is CC(C)C[C@@H]1NC(=O)[C@H](Cc2c[nH]c3ccccc23)NC(=O)[C@H](CC(=O)O)NC(=O)[C@H](Cc2ccc(O)cc2)NC(=O)[C@H](Cc2ccccc2)NC(=O)CSC[C@@H](C(=O)NCC(N)=O)NC(=O)[C@H]([C@@H](C)O)NC(=O)[C@H](C(C)C)NC(=O)[C@H](CC(C)C)NC(=O)[C@H](CCN)NC(=O)[C@H]2CCCN2C(=O)[C@H](CCN)NC(=O)[C@H](C(C)C)NC(=O)[C@H](Cc2ccc(-c3ccccc3)cc2)NC1=O. The van der Waals surface area contributed by atoms with Gasteiger partial charge in [-0.1, -0.05) is 171 Å². The van der Waals surface area contributed by atoms with Crippen LogP contribution in [0.1, 0.15) is 130 Å². The summed E-state index contributed by atoms with van der Waals surface area (Å²) in [5, 5.41) is 69.4. The number of nitrogens with one attached hydrogen (secondary N) is 15. The molecule has 39 nitrogen and oxygen atoms in total. The molecule has 1 aromatic heterocycles. The summed E-state index contributed by atoms with van der Waals surface area (Å²) in [6.45, 7) is 13.4. The highest BCUT2D eigenvalue weighted by Gasteiger charge is 2.43. The number of carboxylic acid groups (broad SMARTS) is 1. The zero-order valence-corrected chi connectivity index (χ0v) is 77.5. The molecule has 3 heterocycles. The molecule has 0 saturated carbocycles. The maximum Gasteiger partial charge on any atom is 0.305 e. The Bertz CT molecular complexity index is 5080. The van der Waals surface area contributed by atoms with Gasteiger partial charge in [0.05, 0.1) is 24.8 Å². The number of thioether (sulfide) groups is 1. The minimum Gasteiger partial charge on any atom is -0.508 e. The molecule has 24 N–H and O–H groups in total. The summed E-state index contributed by atoms with van der Waals surface area (Å²) in [5.41, 5.74) is 21.6. The Labute approximate surface area is 781 Å². The molecule has 6 aromatic rings. The first-order chi connectivity index (χ1) is 63.7. The van der Waals surface area contributed by atoms with Gasteiger partial charge in [0.15, 0.2) is 0 Å². The Morgan fingerprint density at radius 2 is 0.873 bits per heavy atom. The molecule has 0 aliphatic carbocycles. The van der Waals surface area contributed by atoms with Crippen LogP contribution in [0.15, 0.2) is 140 Å². The number of phenolic OH excluding ortho intramolecular Hbond substituents is 1. The number of primary amides is 1. The molecule has 0 spiro atoms. The van der Waals surface area contributed by atoms with E-state index in [-0.39, 0.29) is 95.0 Å². The third kappa shape index (κ3) is 32.3. The Balaban J connectivity index is 1.20. The number of aliphatic hydroxyl groups excluding tert-OH is 1. The summed E-state index contributed by atoms with van der Waals surface area (Å²) in [6, 6.07) is 14.9. The number of carbonyl (C=O) groups excluding carboxylic acids is 16. The van der Waals surface area contributed by atoms with Crippen LogP contribution in [0.4, 0.5) is 0 Å². The largest absolute Gasteiger partial charge is 0.508 e. The van der Waals surface area contributed by atoms with Gasteiger partial charge >= 0.3 is 5.97 Å². The van der Waals surface area contributed by atoms with Crippen LogP contribution in [0.5, 0.6) is 5.75 Å². The predicted molar refractivity (Wildman–Crippen MR) is 499 cm³/mol. The average molecular weight is 1880 g/mol. The number of hydrogen-bond acceptors (Lipinski definition) is 22. The number of carboxylic acids is 1. The van der Waals surface area contributed by atoms with Crippen molar-refractivity contribution in [1.29, 1.82) is 0 Å². The molecule has 15 atom stereocenters. The van der Waals surface area contributed by atoms with Crippen molar-refractivity contribution in [3.63, 3.8) is 0 Å². The van der Waals surface area contributed by atoms with Gasteiger partial charge in [-0.15, -0.1) is 11.8 Å². The number of carbonyl (C=O) groups is 17. The van der Waals surface area contributed by atoms with Crippen molar-refractivity contribution in [2.24, 2.45) is 40.9 Å². The fourth-order valence-electron chi connectivity index (χ4n) is 15.6. The van der Waals surface area contributed by atoms with Crippen LogP contribution in [0, 0.1) is 23.7 Å². The third-order valence-corrected chi connectivity index (χ3v) is 23.7. The number of benzene rings is 5. The van der Waals surface area contributed by atoms with Crippen molar-refractivity contribution in [3.05, 3.63) is 162 Å². The molecule has 16 amide bonds. The molecular weight excluding hydrogens is 1750 g/mol. The molecule has 724 valence electrons.